The molecular formula is C23H33N3O2. The summed E-state index contributed by atoms with van der Waals surface area (Å²) in [6.07, 6.45) is 7.57. The Hall–Kier alpha value is -1.88. The van der Waals surface area contributed by atoms with E-state index in [1.165, 1.54) is 19.3 Å². The molecule has 0 radical (unpaired) electrons. The van der Waals surface area contributed by atoms with Crippen LogP contribution in [-0.2, 0) is 9.59 Å². The lowest BCUT2D eigenvalue weighted by Gasteiger charge is -2.57. The molecule has 0 aliphatic heterocycles. The Morgan fingerprint density at radius 3 is 2.18 bits per heavy atom. The van der Waals surface area contributed by atoms with Crippen molar-refractivity contribution in [1.29, 1.82) is 0 Å². The van der Waals surface area contributed by atoms with Gasteiger partial charge in [-0.25, -0.2) is 0 Å². The number of hydrogen-bond donors (Lipinski definition) is 2. The van der Waals surface area contributed by atoms with E-state index in [2.05, 4.69) is 10.6 Å². The van der Waals surface area contributed by atoms with E-state index in [0.29, 0.717) is 0 Å². The molecule has 28 heavy (non-hydrogen) atoms. The van der Waals surface area contributed by atoms with Gasteiger partial charge in [0.15, 0.2) is 0 Å². The molecule has 1 aromatic rings. The molecule has 0 unspecified atom stereocenters. The summed E-state index contributed by atoms with van der Waals surface area (Å²) >= 11 is 0. The van der Waals surface area contributed by atoms with Crippen molar-refractivity contribution in [2.75, 3.05) is 25.5 Å². The zero-order valence-corrected chi connectivity index (χ0v) is 17.4. The molecule has 0 atom stereocenters. The molecule has 4 fully saturated rings. The molecule has 2 amide bonds. The predicted molar refractivity (Wildman–Crippen MR) is 111 cm³/mol. The normalized spacial score (nSPS) is 30.5. The third-order valence-electron chi connectivity index (χ3n) is 7.15. The maximum atomic E-state index is 12.7. The maximum absolute atomic E-state index is 12.7. The van der Waals surface area contributed by atoms with E-state index in [0.717, 1.165) is 53.8 Å². The van der Waals surface area contributed by atoms with Crippen molar-refractivity contribution in [3.8, 4) is 0 Å². The first-order valence-corrected chi connectivity index (χ1v) is 10.7. The number of amides is 2. The van der Waals surface area contributed by atoms with Crippen LogP contribution in [0, 0.1) is 31.6 Å². The lowest BCUT2D eigenvalue weighted by molar-refractivity contribution is -0.128. The fraction of sp³-hybridized carbons (Fsp3) is 0.652. The van der Waals surface area contributed by atoms with E-state index < -0.39 is 0 Å². The second-order valence-electron chi connectivity index (χ2n) is 9.71. The van der Waals surface area contributed by atoms with Crippen molar-refractivity contribution in [1.82, 2.24) is 10.2 Å². The van der Waals surface area contributed by atoms with Crippen molar-refractivity contribution in [3.63, 3.8) is 0 Å². The number of rotatable bonds is 6. The second kappa shape index (κ2) is 7.51. The van der Waals surface area contributed by atoms with Crippen LogP contribution in [0.25, 0.3) is 0 Å². The van der Waals surface area contributed by atoms with Gasteiger partial charge in [0.2, 0.25) is 11.8 Å². The standard InChI is InChI=1S/C23H33N3O2/c1-15-5-4-6-20(16(15)2)24-21(27)13-26(3)14-22(28)25-23-10-17-7-18(11-23)9-19(8-17)12-23/h4-6,17-19H,7-14H2,1-3H3,(H,24,27)(H,25,28). The van der Waals surface area contributed by atoms with Crippen LogP contribution >= 0.6 is 0 Å². The van der Waals surface area contributed by atoms with Crippen LogP contribution in [0.3, 0.4) is 0 Å². The average Bonchev–Trinajstić information content (AvgIpc) is 2.56. The number of aryl methyl sites for hydroxylation is 1. The van der Waals surface area contributed by atoms with Gasteiger partial charge in [0.05, 0.1) is 13.1 Å². The second-order valence-corrected chi connectivity index (χ2v) is 9.71. The van der Waals surface area contributed by atoms with Gasteiger partial charge in [-0.15, -0.1) is 0 Å². The topological polar surface area (TPSA) is 61.4 Å². The predicted octanol–water partition coefficient (Wildman–Crippen LogP) is 3.26. The summed E-state index contributed by atoms with van der Waals surface area (Å²) in [5, 5.41) is 6.35. The third-order valence-corrected chi connectivity index (χ3v) is 7.15. The highest BCUT2D eigenvalue weighted by Gasteiger charge is 2.51. The van der Waals surface area contributed by atoms with Crippen molar-refractivity contribution in [3.05, 3.63) is 29.3 Å². The van der Waals surface area contributed by atoms with Gasteiger partial charge in [0.25, 0.3) is 0 Å². The number of likely N-dealkylation sites (N-methyl/N-ethyl adjacent to an activating group) is 1. The van der Waals surface area contributed by atoms with E-state index in [4.69, 9.17) is 0 Å². The zero-order chi connectivity index (χ0) is 19.9. The number of nitrogens with zero attached hydrogens (tertiary/aromatic N) is 1. The molecule has 5 nitrogen and oxygen atoms in total. The summed E-state index contributed by atoms with van der Waals surface area (Å²) in [5.41, 5.74) is 3.11. The minimum Gasteiger partial charge on any atom is -0.350 e. The fourth-order valence-corrected chi connectivity index (χ4v) is 6.22. The monoisotopic (exact) mass is 383 g/mol. The number of carbonyl (C=O) groups is 2. The van der Waals surface area contributed by atoms with Gasteiger partial charge in [-0.05, 0) is 94.4 Å². The molecule has 0 aromatic heterocycles. The molecule has 5 rings (SSSR count). The number of nitrogens with one attached hydrogen (secondary N) is 2. The van der Waals surface area contributed by atoms with Crippen LogP contribution in [-0.4, -0.2) is 42.4 Å². The molecule has 4 aliphatic rings. The lowest BCUT2D eigenvalue weighted by atomic mass is 9.53. The molecular weight excluding hydrogens is 350 g/mol. The van der Waals surface area contributed by atoms with Crippen LogP contribution in [0.1, 0.15) is 49.7 Å². The largest absolute Gasteiger partial charge is 0.350 e. The first-order chi connectivity index (χ1) is 13.3. The van der Waals surface area contributed by atoms with Gasteiger partial charge < -0.3 is 10.6 Å². The minimum atomic E-state index is -0.0844. The molecule has 152 valence electrons. The Morgan fingerprint density at radius 1 is 1.00 bits per heavy atom. The fourth-order valence-electron chi connectivity index (χ4n) is 6.22. The summed E-state index contributed by atoms with van der Waals surface area (Å²) < 4.78 is 0. The van der Waals surface area contributed by atoms with Gasteiger partial charge in [-0.3, -0.25) is 14.5 Å². The van der Waals surface area contributed by atoms with E-state index >= 15 is 0 Å². The molecule has 4 aliphatic carbocycles. The maximum Gasteiger partial charge on any atom is 0.238 e. The van der Waals surface area contributed by atoms with E-state index in [1.54, 1.807) is 4.90 Å². The number of hydrogen-bond acceptors (Lipinski definition) is 3. The Labute approximate surface area is 168 Å². The summed E-state index contributed by atoms with van der Waals surface area (Å²) in [5.74, 6) is 2.41. The Kier molecular flexibility index (Phi) is 5.21. The summed E-state index contributed by atoms with van der Waals surface area (Å²) in [4.78, 5) is 26.9. The summed E-state index contributed by atoms with van der Waals surface area (Å²) in [6, 6.07) is 5.90. The van der Waals surface area contributed by atoms with Gasteiger partial charge in [-0.2, -0.15) is 0 Å². The minimum absolute atomic E-state index is 0.0353. The van der Waals surface area contributed by atoms with Gasteiger partial charge in [0.1, 0.15) is 0 Å². The van der Waals surface area contributed by atoms with Crippen molar-refractivity contribution in [2.45, 2.75) is 57.9 Å². The SMILES string of the molecule is Cc1cccc(NC(=O)CN(C)CC(=O)NC23CC4CC(CC(C4)C2)C3)c1C. The Balaban J connectivity index is 1.28. The molecule has 0 heterocycles. The summed E-state index contributed by atoms with van der Waals surface area (Å²) in [6.45, 7) is 4.52. The number of anilines is 1. The van der Waals surface area contributed by atoms with Crippen LogP contribution < -0.4 is 10.6 Å². The van der Waals surface area contributed by atoms with Crippen LogP contribution in [0.2, 0.25) is 0 Å². The highest BCUT2D eigenvalue weighted by atomic mass is 16.2. The van der Waals surface area contributed by atoms with E-state index in [-0.39, 0.29) is 30.4 Å². The van der Waals surface area contributed by atoms with E-state index in [9.17, 15) is 9.59 Å². The molecule has 1 aromatic carbocycles. The van der Waals surface area contributed by atoms with Crippen molar-refractivity contribution in [2.24, 2.45) is 17.8 Å². The number of carbonyl (C=O) groups excluding carboxylic acids is 2. The van der Waals surface area contributed by atoms with Gasteiger partial charge >= 0.3 is 0 Å². The van der Waals surface area contributed by atoms with Crippen molar-refractivity contribution >= 4 is 17.5 Å². The van der Waals surface area contributed by atoms with Gasteiger partial charge in [-0.1, -0.05) is 12.1 Å². The summed E-state index contributed by atoms with van der Waals surface area (Å²) in [7, 11) is 1.84. The molecule has 4 saturated carbocycles. The molecule has 2 N–H and O–H groups in total. The smallest absolute Gasteiger partial charge is 0.238 e. The Morgan fingerprint density at radius 2 is 1.57 bits per heavy atom. The average molecular weight is 384 g/mol. The molecule has 5 heteroatoms. The van der Waals surface area contributed by atoms with Crippen LogP contribution in [0.5, 0.6) is 0 Å². The van der Waals surface area contributed by atoms with Crippen LogP contribution in [0.4, 0.5) is 5.69 Å². The molecule has 4 bridgehead atoms. The zero-order valence-electron chi connectivity index (χ0n) is 17.4. The highest BCUT2D eigenvalue weighted by molar-refractivity contribution is 5.93. The van der Waals surface area contributed by atoms with Crippen LogP contribution in [0.15, 0.2) is 18.2 Å². The Bertz CT molecular complexity index is 738. The molecule has 0 saturated heterocycles. The van der Waals surface area contributed by atoms with Crippen molar-refractivity contribution < 1.29 is 9.59 Å². The number of benzene rings is 1. The lowest BCUT2D eigenvalue weighted by Crippen LogP contribution is -2.61. The highest BCUT2D eigenvalue weighted by Crippen LogP contribution is 2.55. The first kappa shape index (κ1) is 19.4. The first-order valence-electron chi connectivity index (χ1n) is 10.7. The third kappa shape index (κ3) is 4.09. The van der Waals surface area contributed by atoms with Gasteiger partial charge in [0, 0.05) is 11.2 Å². The quantitative estimate of drug-likeness (QED) is 0.793. The van der Waals surface area contributed by atoms with E-state index in [1.807, 2.05) is 39.1 Å². The molecule has 0 spiro atoms.